The lowest BCUT2D eigenvalue weighted by Crippen LogP contribution is -2.44. The van der Waals surface area contributed by atoms with Crippen LogP contribution in [0.1, 0.15) is 40.5 Å². The van der Waals surface area contributed by atoms with Gasteiger partial charge in [-0.3, -0.25) is 4.79 Å². The van der Waals surface area contributed by atoms with Crippen LogP contribution in [0.2, 0.25) is 0 Å². The van der Waals surface area contributed by atoms with E-state index in [1.165, 1.54) is 11.1 Å². The summed E-state index contributed by atoms with van der Waals surface area (Å²) in [6.07, 6.45) is 6.15. The lowest BCUT2D eigenvalue weighted by atomic mass is 9.58. The molecule has 2 bridgehead atoms. The maximum atomic E-state index is 12.3. The smallest absolute Gasteiger partial charge is 0.152 e. The molecule has 0 saturated heterocycles. The number of ketones is 1. The first-order chi connectivity index (χ1) is 6.36. The van der Waals surface area contributed by atoms with Gasteiger partial charge in [-0.1, -0.05) is 23.3 Å². The lowest BCUT2D eigenvalue weighted by molar-refractivity contribution is -0.134. The molecule has 76 valence electrons. The van der Waals surface area contributed by atoms with Gasteiger partial charge in [-0.2, -0.15) is 0 Å². The van der Waals surface area contributed by atoms with Crippen molar-refractivity contribution in [1.82, 2.24) is 0 Å². The van der Waals surface area contributed by atoms with E-state index >= 15 is 0 Å². The summed E-state index contributed by atoms with van der Waals surface area (Å²) in [6, 6.07) is 0. The van der Waals surface area contributed by atoms with Crippen molar-refractivity contribution in [2.45, 2.75) is 40.5 Å². The summed E-state index contributed by atoms with van der Waals surface area (Å²) in [5, 5.41) is 0. The Hall–Kier alpha value is -0.850. The molecule has 0 aromatic carbocycles. The molecule has 0 aromatic heterocycles. The SMILES string of the molecule is CC1=C[C@@]2(C)CC(C)=C[C@@](C)(C1)C2=O. The third-order valence-electron chi connectivity index (χ3n) is 3.46. The summed E-state index contributed by atoms with van der Waals surface area (Å²) in [5.41, 5.74) is 2.27. The number of hydrogen-bond acceptors (Lipinski definition) is 1. The first-order valence-corrected chi connectivity index (χ1v) is 5.27. The molecule has 0 saturated carbocycles. The molecule has 2 aliphatic carbocycles. The van der Waals surface area contributed by atoms with Crippen LogP contribution in [0.5, 0.6) is 0 Å². The van der Waals surface area contributed by atoms with Gasteiger partial charge in [-0.05, 0) is 40.5 Å². The summed E-state index contributed by atoms with van der Waals surface area (Å²) in [7, 11) is 0. The lowest BCUT2D eigenvalue weighted by Gasteiger charge is -2.44. The molecule has 0 fully saturated rings. The fourth-order valence-corrected chi connectivity index (χ4v) is 3.39. The van der Waals surface area contributed by atoms with E-state index in [-0.39, 0.29) is 10.8 Å². The molecule has 0 aromatic rings. The van der Waals surface area contributed by atoms with Crippen molar-refractivity contribution in [3.8, 4) is 0 Å². The Morgan fingerprint density at radius 2 is 1.36 bits per heavy atom. The molecule has 2 aliphatic rings. The Morgan fingerprint density at radius 3 is 1.71 bits per heavy atom. The third kappa shape index (κ3) is 1.18. The fraction of sp³-hybridized carbons (Fsp3) is 0.615. The van der Waals surface area contributed by atoms with Gasteiger partial charge in [-0.15, -0.1) is 0 Å². The molecule has 1 heteroatoms. The zero-order valence-electron chi connectivity index (χ0n) is 9.48. The Bertz CT molecular complexity index is 327. The number of carbonyl (C=O) groups excluding carboxylic acids is 1. The summed E-state index contributed by atoms with van der Waals surface area (Å²) < 4.78 is 0. The summed E-state index contributed by atoms with van der Waals surface area (Å²) in [4.78, 5) is 12.3. The van der Waals surface area contributed by atoms with E-state index in [1.807, 2.05) is 0 Å². The maximum Gasteiger partial charge on any atom is 0.152 e. The van der Waals surface area contributed by atoms with E-state index in [9.17, 15) is 4.79 Å². The third-order valence-corrected chi connectivity index (χ3v) is 3.46. The molecule has 0 radical (unpaired) electrons. The van der Waals surface area contributed by atoms with Crippen LogP contribution >= 0.6 is 0 Å². The molecule has 14 heavy (non-hydrogen) atoms. The minimum atomic E-state index is -0.226. The van der Waals surface area contributed by atoms with Crippen LogP contribution in [0.3, 0.4) is 0 Å². The zero-order valence-corrected chi connectivity index (χ0v) is 9.48. The average Bonchev–Trinajstić information content (AvgIpc) is 1.95. The highest BCUT2D eigenvalue weighted by Crippen LogP contribution is 2.49. The highest BCUT2D eigenvalue weighted by atomic mass is 16.1. The topological polar surface area (TPSA) is 17.1 Å². The number of Topliss-reactive ketones (excluding diaryl/α,β-unsaturated/α-hetero) is 1. The van der Waals surface area contributed by atoms with Crippen LogP contribution in [0.15, 0.2) is 23.3 Å². The highest BCUT2D eigenvalue weighted by molar-refractivity contribution is 5.96. The Morgan fingerprint density at radius 1 is 1.00 bits per heavy atom. The molecule has 0 unspecified atom stereocenters. The second-order valence-corrected chi connectivity index (χ2v) is 5.50. The van der Waals surface area contributed by atoms with Gasteiger partial charge in [0.05, 0.1) is 0 Å². The predicted molar refractivity (Wildman–Crippen MR) is 58.0 cm³/mol. The van der Waals surface area contributed by atoms with Crippen LogP contribution < -0.4 is 0 Å². The van der Waals surface area contributed by atoms with E-state index < -0.39 is 0 Å². The average molecular weight is 190 g/mol. The predicted octanol–water partition coefficient (Wildman–Crippen LogP) is 3.27. The quantitative estimate of drug-likeness (QED) is 0.536. The molecule has 0 spiro atoms. The minimum absolute atomic E-state index is 0.226. The van der Waals surface area contributed by atoms with E-state index in [0.717, 1.165) is 12.8 Å². The van der Waals surface area contributed by atoms with Crippen molar-refractivity contribution in [2.75, 3.05) is 0 Å². The summed E-state index contributed by atoms with van der Waals surface area (Å²) >= 11 is 0. The second kappa shape index (κ2) is 2.59. The second-order valence-electron chi connectivity index (χ2n) is 5.50. The molecule has 0 N–H and O–H groups in total. The molecule has 0 amide bonds. The summed E-state index contributed by atoms with van der Waals surface area (Å²) in [5.74, 6) is 0.404. The zero-order chi connectivity index (χ0) is 10.6. The molecule has 0 aliphatic heterocycles. The maximum absolute atomic E-state index is 12.3. The van der Waals surface area contributed by atoms with E-state index in [0.29, 0.717) is 5.78 Å². The van der Waals surface area contributed by atoms with Crippen LogP contribution in [0.25, 0.3) is 0 Å². The fourth-order valence-electron chi connectivity index (χ4n) is 3.39. The van der Waals surface area contributed by atoms with Gasteiger partial charge < -0.3 is 0 Å². The van der Waals surface area contributed by atoms with Crippen molar-refractivity contribution in [3.63, 3.8) is 0 Å². The van der Waals surface area contributed by atoms with Gasteiger partial charge in [0, 0.05) is 10.8 Å². The van der Waals surface area contributed by atoms with Gasteiger partial charge in [-0.25, -0.2) is 0 Å². The minimum Gasteiger partial charge on any atom is -0.298 e. The van der Waals surface area contributed by atoms with Crippen molar-refractivity contribution in [2.24, 2.45) is 10.8 Å². The van der Waals surface area contributed by atoms with Gasteiger partial charge in [0.1, 0.15) is 0 Å². The van der Waals surface area contributed by atoms with E-state index in [4.69, 9.17) is 0 Å². The van der Waals surface area contributed by atoms with Crippen molar-refractivity contribution in [1.29, 1.82) is 0 Å². The van der Waals surface area contributed by atoms with Crippen molar-refractivity contribution >= 4 is 5.78 Å². The van der Waals surface area contributed by atoms with Gasteiger partial charge in [0.2, 0.25) is 0 Å². The molecule has 1 nitrogen and oxygen atoms in total. The van der Waals surface area contributed by atoms with Crippen LogP contribution in [-0.2, 0) is 4.79 Å². The Balaban J connectivity index is 2.59. The standard InChI is InChI=1S/C13H18O/c1-9-5-12(3)7-10(2)8-13(4,6-9)11(12)14/h5,8H,6-7H2,1-4H3/t12-,13+/m0/s1. The first kappa shape index (κ1) is 9.70. The number of allylic oxidation sites excluding steroid dienone is 4. The number of fused-ring (bicyclic) bond motifs is 2. The van der Waals surface area contributed by atoms with Gasteiger partial charge >= 0.3 is 0 Å². The van der Waals surface area contributed by atoms with Gasteiger partial charge in [0.25, 0.3) is 0 Å². The van der Waals surface area contributed by atoms with E-state index in [2.05, 4.69) is 39.8 Å². The molecular weight excluding hydrogens is 172 g/mol. The number of hydrogen-bond donors (Lipinski definition) is 0. The van der Waals surface area contributed by atoms with Crippen LogP contribution in [0.4, 0.5) is 0 Å². The molecular formula is C13H18O. The normalized spacial score (nSPS) is 41.9. The monoisotopic (exact) mass is 190 g/mol. The van der Waals surface area contributed by atoms with Gasteiger partial charge in [0.15, 0.2) is 5.78 Å². The largest absolute Gasteiger partial charge is 0.298 e. The van der Waals surface area contributed by atoms with Crippen LogP contribution in [0, 0.1) is 10.8 Å². The molecule has 0 heterocycles. The Labute approximate surface area is 85.9 Å². The molecule has 2 rings (SSSR count). The highest BCUT2D eigenvalue weighted by Gasteiger charge is 2.48. The summed E-state index contributed by atoms with van der Waals surface area (Å²) in [6.45, 7) is 8.42. The Kier molecular flexibility index (Phi) is 1.79. The van der Waals surface area contributed by atoms with Crippen molar-refractivity contribution in [3.05, 3.63) is 23.3 Å². The number of carbonyl (C=O) groups is 1. The van der Waals surface area contributed by atoms with E-state index in [1.54, 1.807) is 0 Å². The van der Waals surface area contributed by atoms with Crippen molar-refractivity contribution < 1.29 is 4.79 Å². The number of rotatable bonds is 0. The molecule has 2 atom stereocenters. The van der Waals surface area contributed by atoms with Crippen LogP contribution in [-0.4, -0.2) is 5.78 Å². The first-order valence-electron chi connectivity index (χ1n) is 5.27.